The Bertz CT molecular complexity index is 1310. The zero-order valence-electron chi connectivity index (χ0n) is 16.9. The monoisotopic (exact) mass is 471 g/mol. The number of hydrogen-bond donors (Lipinski definition) is 1. The van der Waals surface area contributed by atoms with E-state index in [2.05, 4.69) is 5.32 Å². The molecule has 1 aliphatic heterocycles. The van der Waals surface area contributed by atoms with Gasteiger partial charge in [-0.25, -0.2) is 14.1 Å². The summed E-state index contributed by atoms with van der Waals surface area (Å²) in [5, 5.41) is 3.14. The molecule has 0 radical (unpaired) electrons. The minimum Gasteiger partial charge on any atom is -0.316 e. The van der Waals surface area contributed by atoms with Crippen LogP contribution in [0.1, 0.15) is 17.0 Å². The molecule has 0 bridgehead atoms. The van der Waals surface area contributed by atoms with Crippen LogP contribution in [0.4, 0.5) is 14.9 Å². The number of nitrogens with one attached hydrogen (secondary N) is 1. The Morgan fingerprint density at radius 3 is 2.34 bits per heavy atom. The average Bonchev–Trinajstić information content (AvgIpc) is 3.01. The van der Waals surface area contributed by atoms with Crippen LogP contribution in [-0.2, 0) is 9.59 Å². The van der Waals surface area contributed by atoms with Gasteiger partial charge in [-0.2, -0.15) is 0 Å². The van der Waals surface area contributed by atoms with E-state index in [1.54, 1.807) is 24.3 Å². The first-order valence-corrected chi connectivity index (χ1v) is 10.2. The van der Waals surface area contributed by atoms with E-state index >= 15 is 0 Å². The maximum absolute atomic E-state index is 13.3. The molecule has 4 rings (SSSR count). The normalized spacial score (nSPS) is 15.5. The van der Waals surface area contributed by atoms with Gasteiger partial charge in [0.05, 0.1) is 16.4 Å². The molecule has 2 heterocycles. The summed E-state index contributed by atoms with van der Waals surface area (Å²) in [5.74, 6) is -2.14. The number of urea groups is 1. The van der Waals surface area contributed by atoms with Crippen molar-refractivity contribution in [2.24, 2.45) is 0 Å². The molecule has 4 amide bonds. The lowest BCUT2D eigenvalue weighted by molar-refractivity contribution is -0.122. The first-order valence-electron chi connectivity index (χ1n) is 9.49. The van der Waals surface area contributed by atoms with Gasteiger partial charge in [-0.15, -0.1) is 0 Å². The molecule has 1 saturated heterocycles. The number of anilines is 1. The summed E-state index contributed by atoms with van der Waals surface area (Å²) in [6.07, 6.45) is 1.41. The van der Waals surface area contributed by atoms with Crippen molar-refractivity contribution in [2.45, 2.75) is 13.8 Å². The van der Waals surface area contributed by atoms with E-state index in [-0.39, 0.29) is 11.3 Å². The van der Waals surface area contributed by atoms with E-state index < -0.39 is 23.7 Å². The summed E-state index contributed by atoms with van der Waals surface area (Å²) in [7, 11) is 0. The molecule has 1 N–H and O–H groups in total. The van der Waals surface area contributed by atoms with Crippen LogP contribution in [-0.4, -0.2) is 22.4 Å². The van der Waals surface area contributed by atoms with E-state index in [4.69, 9.17) is 23.2 Å². The standard InChI is InChI=1S/C23H16Cl2FN3O3/c1-12-9-14(13(2)28(12)20-11-15(24)3-8-19(20)25)10-18-21(30)27-23(32)29(22(18)31)17-6-4-16(26)5-7-17/h3-11H,1-2H3,(H,27,30,32)/b18-10+. The third-order valence-corrected chi connectivity index (χ3v) is 5.66. The molecular weight excluding hydrogens is 456 g/mol. The van der Waals surface area contributed by atoms with Crippen LogP contribution in [0.3, 0.4) is 0 Å². The summed E-state index contributed by atoms with van der Waals surface area (Å²) in [5.41, 5.74) is 2.67. The van der Waals surface area contributed by atoms with Gasteiger partial charge in [0.2, 0.25) is 0 Å². The fraction of sp³-hybridized carbons (Fsp3) is 0.0870. The Morgan fingerprint density at radius 1 is 0.969 bits per heavy atom. The lowest BCUT2D eigenvalue weighted by Crippen LogP contribution is -2.54. The maximum atomic E-state index is 13.3. The number of rotatable bonds is 3. The highest BCUT2D eigenvalue weighted by molar-refractivity contribution is 6.39. The average molecular weight is 472 g/mol. The third kappa shape index (κ3) is 3.81. The van der Waals surface area contributed by atoms with Gasteiger partial charge in [0, 0.05) is 16.4 Å². The second-order valence-corrected chi connectivity index (χ2v) is 8.04. The number of nitrogens with zero attached hydrogens (tertiary/aromatic N) is 2. The summed E-state index contributed by atoms with van der Waals surface area (Å²) < 4.78 is 15.1. The first-order chi connectivity index (χ1) is 15.2. The molecule has 9 heteroatoms. The molecule has 1 aromatic heterocycles. The minimum absolute atomic E-state index is 0.142. The Morgan fingerprint density at radius 2 is 1.66 bits per heavy atom. The predicted molar refractivity (Wildman–Crippen MR) is 121 cm³/mol. The van der Waals surface area contributed by atoms with Gasteiger partial charge in [-0.1, -0.05) is 23.2 Å². The molecule has 6 nitrogen and oxygen atoms in total. The maximum Gasteiger partial charge on any atom is 0.335 e. The van der Waals surface area contributed by atoms with Crippen LogP contribution in [0.15, 0.2) is 54.1 Å². The van der Waals surface area contributed by atoms with Gasteiger partial charge >= 0.3 is 6.03 Å². The summed E-state index contributed by atoms with van der Waals surface area (Å²) >= 11 is 12.5. The van der Waals surface area contributed by atoms with Gasteiger partial charge < -0.3 is 4.57 Å². The van der Waals surface area contributed by atoms with Gasteiger partial charge in [0.15, 0.2) is 0 Å². The smallest absolute Gasteiger partial charge is 0.316 e. The number of imide groups is 2. The Labute approximate surface area is 192 Å². The summed E-state index contributed by atoms with van der Waals surface area (Å²) in [6.45, 7) is 3.66. The molecule has 1 aliphatic rings. The number of carbonyl (C=O) groups excluding carboxylic acids is 3. The van der Waals surface area contributed by atoms with Crippen LogP contribution in [0.25, 0.3) is 11.8 Å². The quantitative estimate of drug-likeness (QED) is 0.421. The molecule has 2 aromatic carbocycles. The van der Waals surface area contributed by atoms with Crippen LogP contribution < -0.4 is 10.2 Å². The Hall–Kier alpha value is -3.42. The molecule has 0 aliphatic carbocycles. The van der Waals surface area contributed by atoms with Crippen molar-refractivity contribution in [3.63, 3.8) is 0 Å². The number of barbiturate groups is 1. The highest BCUT2D eigenvalue weighted by Gasteiger charge is 2.37. The van der Waals surface area contributed by atoms with Crippen molar-refractivity contribution in [2.75, 3.05) is 4.90 Å². The molecule has 0 atom stereocenters. The first kappa shape index (κ1) is 21.8. The number of carbonyl (C=O) groups is 3. The number of amides is 4. The van der Waals surface area contributed by atoms with Crippen LogP contribution >= 0.6 is 23.2 Å². The van der Waals surface area contributed by atoms with E-state index in [1.807, 2.05) is 18.4 Å². The van der Waals surface area contributed by atoms with E-state index in [9.17, 15) is 18.8 Å². The van der Waals surface area contributed by atoms with E-state index in [1.165, 1.54) is 18.2 Å². The number of hydrogen-bond acceptors (Lipinski definition) is 3. The number of aryl methyl sites for hydroxylation is 1. The molecule has 0 unspecified atom stereocenters. The van der Waals surface area contributed by atoms with Gasteiger partial charge in [0.25, 0.3) is 11.8 Å². The summed E-state index contributed by atoms with van der Waals surface area (Å²) in [6, 6.07) is 10.8. The number of benzene rings is 2. The van der Waals surface area contributed by atoms with Crippen molar-refractivity contribution in [1.29, 1.82) is 0 Å². The third-order valence-electron chi connectivity index (χ3n) is 5.11. The Kier molecular flexibility index (Phi) is 5.62. The molecule has 32 heavy (non-hydrogen) atoms. The molecule has 162 valence electrons. The second kappa shape index (κ2) is 8.26. The number of aromatic nitrogens is 1. The van der Waals surface area contributed by atoms with Crippen LogP contribution in [0.2, 0.25) is 10.0 Å². The van der Waals surface area contributed by atoms with Crippen molar-refractivity contribution < 1.29 is 18.8 Å². The molecule has 3 aromatic rings. The fourth-order valence-corrected chi connectivity index (χ4v) is 3.97. The molecule has 0 spiro atoms. The lowest BCUT2D eigenvalue weighted by atomic mass is 10.1. The number of halogens is 3. The predicted octanol–water partition coefficient (Wildman–Crippen LogP) is 5.21. The second-order valence-electron chi connectivity index (χ2n) is 7.19. The van der Waals surface area contributed by atoms with Crippen LogP contribution in [0.5, 0.6) is 0 Å². The van der Waals surface area contributed by atoms with Crippen LogP contribution in [0, 0.1) is 19.7 Å². The van der Waals surface area contributed by atoms with Gasteiger partial charge in [0.1, 0.15) is 11.4 Å². The largest absolute Gasteiger partial charge is 0.335 e. The Balaban J connectivity index is 1.78. The SMILES string of the molecule is Cc1cc(/C=C2\C(=O)NC(=O)N(c3ccc(F)cc3)C2=O)c(C)n1-c1cc(Cl)ccc1Cl. The molecule has 0 saturated carbocycles. The van der Waals surface area contributed by atoms with Crippen molar-refractivity contribution in [3.8, 4) is 5.69 Å². The fourth-order valence-electron chi connectivity index (χ4n) is 3.60. The van der Waals surface area contributed by atoms with Crippen molar-refractivity contribution in [3.05, 3.63) is 86.9 Å². The summed E-state index contributed by atoms with van der Waals surface area (Å²) in [4.78, 5) is 38.6. The van der Waals surface area contributed by atoms with E-state index in [0.29, 0.717) is 27.0 Å². The van der Waals surface area contributed by atoms with Gasteiger partial charge in [-0.3, -0.25) is 14.9 Å². The molecular formula is C23H16Cl2FN3O3. The van der Waals surface area contributed by atoms with Gasteiger partial charge in [-0.05, 0) is 74.0 Å². The van der Waals surface area contributed by atoms with E-state index in [0.717, 1.165) is 22.7 Å². The van der Waals surface area contributed by atoms with Crippen molar-refractivity contribution >= 4 is 52.8 Å². The minimum atomic E-state index is -0.903. The highest BCUT2D eigenvalue weighted by atomic mass is 35.5. The lowest BCUT2D eigenvalue weighted by Gasteiger charge is -2.26. The zero-order valence-corrected chi connectivity index (χ0v) is 18.5. The zero-order chi connectivity index (χ0) is 23.2. The topological polar surface area (TPSA) is 71.4 Å². The highest BCUT2D eigenvalue weighted by Crippen LogP contribution is 2.30. The molecule has 1 fully saturated rings. The van der Waals surface area contributed by atoms with Crippen molar-refractivity contribution in [1.82, 2.24) is 9.88 Å².